The highest BCUT2D eigenvalue weighted by atomic mass is 35.5. The number of carboxylic acids is 1. The number of nitrogens with zero attached hydrogens (tertiary/aromatic N) is 1. The normalized spacial score (nSPS) is 11.6. The van der Waals surface area contributed by atoms with Gasteiger partial charge in [-0.25, -0.2) is 9.78 Å². The van der Waals surface area contributed by atoms with Gasteiger partial charge >= 0.3 is 12.1 Å². The molecule has 0 bridgehead atoms. The summed E-state index contributed by atoms with van der Waals surface area (Å²) in [6, 6.07) is 21.9. The van der Waals surface area contributed by atoms with Crippen LogP contribution in [0.2, 0.25) is 5.02 Å². The SMILES string of the molecule is Cc1cc(Cl)ccc1-c1nccs1.O=C(O)CNC(=O)OCC1c2ccccc2-c2ccccc21. The van der Waals surface area contributed by atoms with E-state index >= 15 is 0 Å². The van der Waals surface area contributed by atoms with E-state index in [2.05, 4.69) is 22.4 Å². The second-order valence-electron chi connectivity index (χ2n) is 7.87. The molecule has 1 aromatic heterocycles. The highest BCUT2D eigenvalue weighted by Crippen LogP contribution is 2.44. The summed E-state index contributed by atoms with van der Waals surface area (Å²) in [6.45, 7) is 1.78. The van der Waals surface area contributed by atoms with Crippen molar-refractivity contribution in [3.63, 3.8) is 0 Å². The number of aliphatic carboxylic acids is 1. The third-order valence-electron chi connectivity index (χ3n) is 5.58. The molecule has 0 unspecified atom stereocenters. The molecule has 178 valence electrons. The molecule has 3 aromatic carbocycles. The van der Waals surface area contributed by atoms with Gasteiger partial charge in [0.15, 0.2) is 0 Å². The van der Waals surface area contributed by atoms with Crippen molar-refractivity contribution in [2.45, 2.75) is 12.8 Å². The van der Waals surface area contributed by atoms with E-state index in [1.165, 1.54) is 11.1 Å². The van der Waals surface area contributed by atoms with Crippen LogP contribution in [0.1, 0.15) is 22.6 Å². The number of amides is 1. The summed E-state index contributed by atoms with van der Waals surface area (Å²) >= 11 is 7.50. The molecule has 2 N–H and O–H groups in total. The van der Waals surface area contributed by atoms with Crippen molar-refractivity contribution < 1.29 is 19.4 Å². The molecule has 0 aliphatic heterocycles. The van der Waals surface area contributed by atoms with E-state index < -0.39 is 18.6 Å². The molecular formula is C27H23ClN2O4S. The largest absolute Gasteiger partial charge is 0.480 e. The lowest BCUT2D eigenvalue weighted by Gasteiger charge is -2.14. The van der Waals surface area contributed by atoms with Crippen LogP contribution >= 0.6 is 22.9 Å². The Bertz CT molecular complexity index is 1300. The van der Waals surface area contributed by atoms with Gasteiger partial charge in [-0.05, 0) is 46.9 Å². The molecule has 1 heterocycles. The second kappa shape index (κ2) is 11.2. The van der Waals surface area contributed by atoms with Crippen molar-refractivity contribution in [2.24, 2.45) is 0 Å². The maximum atomic E-state index is 11.5. The van der Waals surface area contributed by atoms with Crippen LogP contribution in [-0.2, 0) is 9.53 Å². The van der Waals surface area contributed by atoms with Crippen LogP contribution in [0.4, 0.5) is 4.79 Å². The minimum absolute atomic E-state index is 0.0250. The van der Waals surface area contributed by atoms with E-state index in [1.54, 1.807) is 11.3 Å². The first-order chi connectivity index (χ1) is 16.9. The number of alkyl carbamates (subject to hydrolysis) is 1. The lowest BCUT2D eigenvalue weighted by atomic mass is 9.98. The Morgan fingerprint density at radius 2 is 1.69 bits per heavy atom. The highest BCUT2D eigenvalue weighted by molar-refractivity contribution is 7.13. The quantitative estimate of drug-likeness (QED) is 0.328. The molecule has 0 radical (unpaired) electrons. The van der Waals surface area contributed by atoms with Crippen LogP contribution < -0.4 is 5.32 Å². The molecular weight excluding hydrogens is 484 g/mol. The topological polar surface area (TPSA) is 88.5 Å². The number of hydrogen-bond donors (Lipinski definition) is 2. The fraction of sp³-hybridized carbons (Fsp3) is 0.148. The molecule has 1 amide bonds. The first-order valence-corrected chi connectivity index (χ1v) is 12.2. The third kappa shape index (κ3) is 5.88. The van der Waals surface area contributed by atoms with Gasteiger partial charge in [-0.15, -0.1) is 11.3 Å². The predicted molar refractivity (Wildman–Crippen MR) is 138 cm³/mol. The Morgan fingerprint density at radius 1 is 1.03 bits per heavy atom. The first kappa shape index (κ1) is 24.4. The Labute approximate surface area is 212 Å². The highest BCUT2D eigenvalue weighted by Gasteiger charge is 2.28. The monoisotopic (exact) mass is 506 g/mol. The number of thiazole rings is 1. The number of ether oxygens (including phenoxy) is 1. The van der Waals surface area contributed by atoms with Gasteiger partial charge in [0, 0.05) is 28.1 Å². The number of nitrogens with one attached hydrogen (secondary N) is 1. The number of carboxylic acid groups (broad SMARTS) is 1. The van der Waals surface area contributed by atoms with E-state index in [0.29, 0.717) is 0 Å². The Hall–Kier alpha value is -3.68. The molecule has 1 aliphatic carbocycles. The van der Waals surface area contributed by atoms with Gasteiger partial charge in [0.25, 0.3) is 0 Å². The smallest absolute Gasteiger partial charge is 0.407 e. The van der Waals surface area contributed by atoms with Crippen molar-refractivity contribution in [3.8, 4) is 21.7 Å². The fourth-order valence-corrected chi connectivity index (χ4v) is 4.98. The zero-order chi connectivity index (χ0) is 24.8. The van der Waals surface area contributed by atoms with Crippen LogP contribution in [0, 0.1) is 6.92 Å². The minimum Gasteiger partial charge on any atom is -0.480 e. The average Bonchev–Trinajstić information content (AvgIpc) is 3.49. The second-order valence-corrected chi connectivity index (χ2v) is 9.20. The number of hydrogen-bond acceptors (Lipinski definition) is 5. The summed E-state index contributed by atoms with van der Waals surface area (Å²) in [5.74, 6) is -1.13. The third-order valence-corrected chi connectivity index (χ3v) is 6.62. The number of benzene rings is 3. The molecule has 0 atom stereocenters. The number of rotatable bonds is 5. The Balaban J connectivity index is 0.000000189. The van der Waals surface area contributed by atoms with E-state index in [-0.39, 0.29) is 12.5 Å². The molecule has 35 heavy (non-hydrogen) atoms. The first-order valence-electron chi connectivity index (χ1n) is 10.9. The van der Waals surface area contributed by atoms with Gasteiger partial charge in [0.1, 0.15) is 18.2 Å². The van der Waals surface area contributed by atoms with Crippen LogP contribution in [0.15, 0.2) is 78.3 Å². The standard InChI is InChI=1S/C17H15NO4.C10H8ClNS/c19-16(20)9-18-17(21)22-10-15-13-7-3-1-5-11(13)12-6-2-4-8-14(12)15;1-7-6-8(11)2-3-9(7)10-12-4-5-13-10/h1-8,15H,9-10H2,(H,18,21)(H,19,20);2-6H,1H3. The summed E-state index contributed by atoms with van der Waals surface area (Å²) in [4.78, 5) is 26.2. The Morgan fingerprint density at radius 3 is 2.26 bits per heavy atom. The fourth-order valence-electron chi connectivity index (χ4n) is 4.02. The maximum absolute atomic E-state index is 11.5. The van der Waals surface area contributed by atoms with Crippen molar-refractivity contribution in [3.05, 3.63) is 100 Å². The molecule has 0 spiro atoms. The van der Waals surface area contributed by atoms with E-state index in [1.807, 2.05) is 73.1 Å². The molecule has 4 aromatic rings. The average molecular weight is 507 g/mol. The molecule has 0 saturated heterocycles. The number of carbonyl (C=O) groups excluding carboxylic acids is 1. The van der Waals surface area contributed by atoms with Gasteiger partial charge in [-0.2, -0.15) is 0 Å². The van der Waals surface area contributed by atoms with Crippen LogP contribution in [0.5, 0.6) is 0 Å². The van der Waals surface area contributed by atoms with Gasteiger partial charge in [-0.1, -0.05) is 66.2 Å². The molecule has 8 heteroatoms. The zero-order valence-corrected chi connectivity index (χ0v) is 20.5. The van der Waals surface area contributed by atoms with Crippen molar-refractivity contribution in [2.75, 3.05) is 13.2 Å². The van der Waals surface area contributed by atoms with Crippen LogP contribution in [-0.4, -0.2) is 35.3 Å². The number of halogens is 1. The van der Waals surface area contributed by atoms with Crippen LogP contribution in [0.3, 0.4) is 0 Å². The van der Waals surface area contributed by atoms with Crippen molar-refractivity contribution >= 4 is 35.0 Å². The summed E-state index contributed by atoms with van der Waals surface area (Å²) in [5, 5.41) is 14.5. The van der Waals surface area contributed by atoms with E-state index in [9.17, 15) is 9.59 Å². The Kier molecular flexibility index (Phi) is 7.80. The molecule has 0 saturated carbocycles. The minimum atomic E-state index is -1.10. The van der Waals surface area contributed by atoms with Gasteiger partial charge < -0.3 is 15.2 Å². The predicted octanol–water partition coefficient (Wildman–Crippen LogP) is 6.38. The van der Waals surface area contributed by atoms with E-state index in [0.717, 1.165) is 32.3 Å². The maximum Gasteiger partial charge on any atom is 0.407 e. The summed E-state index contributed by atoms with van der Waals surface area (Å²) < 4.78 is 5.18. The lowest BCUT2D eigenvalue weighted by molar-refractivity contribution is -0.135. The number of aryl methyl sites for hydroxylation is 1. The molecule has 1 aliphatic rings. The van der Waals surface area contributed by atoms with E-state index in [4.69, 9.17) is 21.4 Å². The zero-order valence-electron chi connectivity index (χ0n) is 18.9. The van der Waals surface area contributed by atoms with Gasteiger partial charge in [0.05, 0.1) is 0 Å². The van der Waals surface area contributed by atoms with Gasteiger partial charge in [-0.3, -0.25) is 4.79 Å². The van der Waals surface area contributed by atoms with Crippen molar-refractivity contribution in [1.29, 1.82) is 0 Å². The number of aromatic nitrogens is 1. The number of carbonyl (C=O) groups is 2. The number of fused-ring (bicyclic) bond motifs is 3. The summed E-state index contributed by atoms with van der Waals surface area (Å²) in [5.41, 5.74) is 6.88. The lowest BCUT2D eigenvalue weighted by Crippen LogP contribution is -2.30. The summed E-state index contributed by atoms with van der Waals surface area (Å²) in [6.07, 6.45) is 1.10. The summed E-state index contributed by atoms with van der Waals surface area (Å²) in [7, 11) is 0. The van der Waals surface area contributed by atoms with Crippen LogP contribution in [0.25, 0.3) is 21.7 Å². The van der Waals surface area contributed by atoms with Gasteiger partial charge in [0.2, 0.25) is 0 Å². The van der Waals surface area contributed by atoms with Crippen molar-refractivity contribution in [1.82, 2.24) is 10.3 Å². The molecule has 5 rings (SSSR count). The molecule has 6 nitrogen and oxygen atoms in total. The molecule has 0 fully saturated rings.